The van der Waals surface area contributed by atoms with Gasteiger partial charge in [0.15, 0.2) is 0 Å². The number of H-pyrrole nitrogens is 1. The summed E-state index contributed by atoms with van der Waals surface area (Å²) in [4.78, 5) is 40.3. The fraction of sp³-hybridized carbons (Fsp3) is 0.211. The number of benzene rings is 2. The zero-order chi connectivity index (χ0) is 20.8. The lowest BCUT2D eigenvalue weighted by Crippen LogP contribution is -2.57. The maximum absolute atomic E-state index is 14.3. The number of aromatic amines is 1. The first-order chi connectivity index (χ1) is 13.1. The van der Waals surface area contributed by atoms with Crippen LogP contribution in [0.3, 0.4) is 0 Å². The number of nitrogens with two attached hydrogens (primary N) is 1. The Morgan fingerprint density at radius 2 is 1.71 bits per heavy atom. The van der Waals surface area contributed by atoms with Gasteiger partial charge in [0, 0.05) is 12.0 Å². The Morgan fingerprint density at radius 3 is 2.32 bits per heavy atom. The van der Waals surface area contributed by atoms with Gasteiger partial charge in [0.2, 0.25) is 5.91 Å². The first-order valence-corrected chi connectivity index (χ1v) is 8.27. The van der Waals surface area contributed by atoms with Crippen molar-refractivity contribution in [2.45, 2.75) is 25.3 Å². The molecule has 0 saturated carbocycles. The van der Waals surface area contributed by atoms with Crippen LogP contribution in [-0.4, -0.2) is 15.5 Å². The van der Waals surface area contributed by atoms with Gasteiger partial charge in [0.25, 0.3) is 5.56 Å². The molecule has 6 nitrogen and oxygen atoms in total. The van der Waals surface area contributed by atoms with Crippen LogP contribution in [0.4, 0.5) is 13.2 Å². The first kappa shape index (κ1) is 19.4. The van der Waals surface area contributed by atoms with Crippen LogP contribution in [0.1, 0.15) is 25.3 Å². The maximum atomic E-state index is 14.3. The molecule has 0 spiro atoms. The number of nitrogens with one attached hydrogen (secondary N) is 1. The van der Waals surface area contributed by atoms with Crippen molar-refractivity contribution < 1.29 is 18.0 Å². The molecule has 1 aromatic heterocycles. The molecule has 1 amide bonds. The molecule has 3 rings (SSSR count). The van der Waals surface area contributed by atoms with Crippen LogP contribution in [0.5, 0.6) is 0 Å². The molecule has 0 aliphatic heterocycles. The van der Waals surface area contributed by atoms with Crippen LogP contribution in [0.15, 0.2) is 46.0 Å². The van der Waals surface area contributed by atoms with Gasteiger partial charge in [-0.05, 0) is 36.8 Å². The van der Waals surface area contributed by atoms with Crippen molar-refractivity contribution in [3.63, 3.8) is 0 Å². The molecule has 9 heteroatoms. The Bertz CT molecular complexity index is 1220. The minimum absolute atomic E-state index is 0.0695. The summed E-state index contributed by atoms with van der Waals surface area (Å²) >= 11 is 0. The fourth-order valence-electron chi connectivity index (χ4n) is 3.28. The summed E-state index contributed by atoms with van der Waals surface area (Å²) in [5.74, 6) is -4.73. The van der Waals surface area contributed by atoms with Crippen molar-refractivity contribution in [2.24, 2.45) is 5.73 Å². The van der Waals surface area contributed by atoms with Crippen molar-refractivity contribution in [1.29, 1.82) is 0 Å². The van der Waals surface area contributed by atoms with Gasteiger partial charge in [-0.25, -0.2) is 22.5 Å². The van der Waals surface area contributed by atoms with E-state index in [9.17, 15) is 27.6 Å². The molecular weight excluding hydrogens is 375 g/mol. The average Bonchev–Trinajstić information content (AvgIpc) is 2.61. The standard InChI is InChI=1S/C19H16F3N3O3/c1-9(12-5-3-11(21)8-14(12)22)19(2,17(23)27)25-16(26)13-7-10(20)4-6-15(13)24-18(25)28/h3-9H,1-2H3,(H2,23,27)(H,24,28)/t9-,19?/m0/s1. The van der Waals surface area contributed by atoms with Crippen LogP contribution in [-0.2, 0) is 10.3 Å². The molecule has 0 radical (unpaired) electrons. The predicted octanol–water partition coefficient (Wildman–Crippen LogP) is 2.11. The molecule has 3 aromatic rings. The highest BCUT2D eigenvalue weighted by Gasteiger charge is 2.43. The van der Waals surface area contributed by atoms with Crippen LogP contribution in [0, 0.1) is 17.5 Å². The summed E-state index contributed by atoms with van der Waals surface area (Å²) in [7, 11) is 0. The van der Waals surface area contributed by atoms with Crippen LogP contribution < -0.4 is 17.0 Å². The Kier molecular flexibility index (Phi) is 4.62. The number of halogens is 3. The summed E-state index contributed by atoms with van der Waals surface area (Å²) < 4.78 is 41.7. The van der Waals surface area contributed by atoms with Crippen molar-refractivity contribution in [3.8, 4) is 0 Å². The number of nitrogens with zero attached hydrogens (tertiary/aromatic N) is 1. The second kappa shape index (κ2) is 6.66. The smallest absolute Gasteiger partial charge is 0.329 e. The minimum atomic E-state index is -2.02. The number of aromatic nitrogens is 2. The Morgan fingerprint density at radius 1 is 1.11 bits per heavy atom. The van der Waals surface area contributed by atoms with Crippen molar-refractivity contribution in [3.05, 3.63) is 80.3 Å². The quantitative estimate of drug-likeness (QED) is 0.713. The highest BCUT2D eigenvalue weighted by molar-refractivity contribution is 5.84. The minimum Gasteiger partial charge on any atom is -0.368 e. The molecule has 146 valence electrons. The van der Waals surface area contributed by atoms with Gasteiger partial charge in [-0.2, -0.15) is 0 Å². The molecule has 2 aromatic carbocycles. The summed E-state index contributed by atoms with van der Waals surface area (Å²) in [6.07, 6.45) is 0. The first-order valence-electron chi connectivity index (χ1n) is 8.27. The van der Waals surface area contributed by atoms with E-state index >= 15 is 0 Å². The molecule has 0 fully saturated rings. The molecule has 2 atom stereocenters. The van der Waals surface area contributed by atoms with E-state index in [-0.39, 0.29) is 16.5 Å². The Labute approximate surface area is 156 Å². The highest BCUT2D eigenvalue weighted by Crippen LogP contribution is 2.34. The molecule has 3 N–H and O–H groups in total. The molecular formula is C19H16F3N3O3. The number of amides is 1. The van der Waals surface area contributed by atoms with Gasteiger partial charge in [-0.1, -0.05) is 13.0 Å². The third kappa shape index (κ3) is 2.88. The fourth-order valence-corrected chi connectivity index (χ4v) is 3.28. The van der Waals surface area contributed by atoms with Crippen LogP contribution in [0.2, 0.25) is 0 Å². The number of hydrogen-bond donors (Lipinski definition) is 2. The van der Waals surface area contributed by atoms with Gasteiger partial charge in [0.1, 0.15) is 23.0 Å². The number of carbonyl (C=O) groups excluding carboxylic acids is 1. The topological polar surface area (TPSA) is 97.9 Å². The number of hydrogen-bond acceptors (Lipinski definition) is 3. The second-order valence-corrected chi connectivity index (χ2v) is 6.66. The lowest BCUT2D eigenvalue weighted by Gasteiger charge is -2.34. The summed E-state index contributed by atoms with van der Waals surface area (Å²) in [5.41, 5.74) is 1.50. The average molecular weight is 391 g/mol. The molecule has 1 heterocycles. The monoisotopic (exact) mass is 391 g/mol. The second-order valence-electron chi connectivity index (χ2n) is 6.66. The normalized spacial score (nSPS) is 14.6. The third-order valence-corrected chi connectivity index (χ3v) is 5.10. The zero-order valence-electron chi connectivity index (χ0n) is 14.9. The molecule has 0 bridgehead atoms. The number of fused-ring (bicyclic) bond motifs is 1. The van der Waals surface area contributed by atoms with Crippen molar-refractivity contribution in [2.75, 3.05) is 0 Å². The van der Waals surface area contributed by atoms with E-state index in [0.717, 1.165) is 24.3 Å². The molecule has 1 unspecified atom stereocenters. The largest absolute Gasteiger partial charge is 0.368 e. The van der Waals surface area contributed by atoms with E-state index in [2.05, 4.69) is 4.98 Å². The van der Waals surface area contributed by atoms with Crippen molar-refractivity contribution in [1.82, 2.24) is 9.55 Å². The van der Waals surface area contributed by atoms with Gasteiger partial charge in [-0.15, -0.1) is 0 Å². The Balaban J connectivity index is 2.35. The number of carbonyl (C=O) groups is 1. The number of primary amides is 1. The molecule has 28 heavy (non-hydrogen) atoms. The zero-order valence-corrected chi connectivity index (χ0v) is 14.9. The highest BCUT2D eigenvalue weighted by atomic mass is 19.1. The molecule has 0 aliphatic rings. The lowest BCUT2D eigenvalue weighted by molar-refractivity contribution is -0.127. The summed E-state index contributed by atoms with van der Waals surface area (Å²) in [6.45, 7) is 2.58. The molecule has 0 aliphatic carbocycles. The molecule has 0 saturated heterocycles. The maximum Gasteiger partial charge on any atom is 0.329 e. The van der Waals surface area contributed by atoms with Crippen LogP contribution >= 0.6 is 0 Å². The van der Waals surface area contributed by atoms with E-state index < -0.39 is 46.1 Å². The van der Waals surface area contributed by atoms with E-state index in [1.165, 1.54) is 19.9 Å². The van der Waals surface area contributed by atoms with Gasteiger partial charge >= 0.3 is 5.69 Å². The third-order valence-electron chi connectivity index (χ3n) is 5.10. The van der Waals surface area contributed by atoms with Gasteiger partial charge in [0.05, 0.1) is 10.9 Å². The summed E-state index contributed by atoms with van der Waals surface area (Å²) in [6, 6.07) is 5.90. The Hall–Kier alpha value is -3.36. The van der Waals surface area contributed by atoms with Gasteiger partial charge in [-0.3, -0.25) is 9.59 Å². The van der Waals surface area contributed by atoms with Gasteiger partial charge < -0.3 is 10.7 Å². The van der Waals surface area contributed by atoms with E-state index in [1.54, 1.807) is 0 Å². The van der Waals surface area contributed by atoms with Crippen LogP contribution in [0.25, 0.3) is 10.9 Å². The number of rotatable bonds is 4. The van der Waals surface area contributed by atoms with E-state index in [4.69, 9.17) is 5.73 Å². The summed E-state index contributed by atoms with van der Waals surface area (Å²) in [5, 5.41) is -0.182. The predicted molar refractivity (Wildman–Crippen MR) is 96.4 cm³/mol. The van der Waals surface area contributed by atoms with E-state index in [1.807, 2.05) is 0 Å². The van der Waals surface area contributed by atoms with E-state index in [0.29, 0.717) is 10.6 Å². The SMILES string of the molecule is C[C@@H](c1ccc(F)cc1F)C(C)(C(N)=O)n1c(=O)[nH]c2ccc(F)cc2c1=O. The van der Waals surface area contributed by atoms with Crippen molar-refractivity contribution >= 4 is 16.8 Å². The lowest BCUT2D eigenvalue weighted by atomic mass is 9.80.